The number of rotatable bonds is 4. The van der Waals surface area contributed by atoms with E-state index < -0.39 is 0 Å². The van der Waals surface area contributed by atoms with E-state index in [2.05, 4.69) is 10.6 Å². The highest BCUT2D eigenvalue weighted by Crippen LogP contribution is 2.07. The molecule has 18 heavy (non-hydrogen) atoms. The summed E-state index contributed by atoms with van der Waals surface area (Å²) in [4.78, 5) is 12.6. The maximum atomic E-state index is 12.7. The van der Waals surface area contributed by atoms with Gasteiger partial charge in [-0.15, -0.1) is 11.3 Å². The number of hydrogen-bond donors (Lipinski definition) is 2. The van der Waals surface area contributed by atoms with Gasteiger partial charge in [0.05, 0.1) is 6.54 Å². The third-order valence-corrected chi connectivity index (χ3v) is 3.25. The number of halogens is 1. The van der Waals surface area contributed by atoms with Gasteiger partial charge in [0.15, 0.2) is 0 Å². The number of nitrogens with one attached hydrogen (secondary N) is 2. The average molecular weight is 264 g/mol. The predicted octanol–water partition coefficient (Wildman–Crippen LogP) is 2.89. The lowest BCUT2D eigenvalue weighted by atomic mass is 10.2. The zero-order valence-electron chi connectivity index (χ0n) is 9.65. The van der Waals surface area contributed by atoms with E-state index in [0.29, 0.717) is 13.1 Å². The minimum Gasteiger partial charge on any atom is -0.334 e. The Morgan fingerprint density at radius 1 is 1.11 bits per heavy atom. The molecule has 3 nitrogen and oxygen atoms in total. The van der Waals surface area contributed by atoms with Crippen molar-refractivity contribution < 1.29 is 9.18 Å². The Bertz CT molecular complexity index is 496. The lowest BCUT2D eigenvalue weighted by molar-refractivity contribution is 0.240. The van der Waals surface area contributed by atoms with Crippen LogP contribution in [-0.2, 0) is 13.1 Å². The van der Waals surface area contributed by atoms with Gasteiger partial charge >= 0.3 is 6.03 Å². The van der Waals surface area contributed by atoms with Gasteiger partial charge in [-0.05, 0) is 29.1 Å². The summed E-state index contributed by atoms with van der Waals surface area (Å²) in [6.45, 7) is 0.906. The molecule has 0 aliphatic rings. The van der Waals surface area contributed by atoms with Crippen LogP contribution in [0.5, 0.6) is 0 Å². The lowest BCUT2D eigenvalue weighted by Crippen LogP contribution is -2.34. The maximum absolute atomic E-state index is 12.7. The third kappa shape index (κ3) is 3.85. The fourth-order valence-electron chi connectivity index (χ4n) is 1.43. The molecule has 1 aromatic carbocycles. The van der Waals surface area contributed by atoms with Crippen molar-refractivity contribution in [2.75, 3.05) is 0 Å². The number of carbonyl (C=O) groups is 1. The van der Waals surface area contributed by atoms with Gasteiger partial charge in [0.2, 0.25) is 0 Å². The van der Waals surface area contributed by atoms with Crippen molar-refractivity contribution >= 4 is 17.4 Å². The van der Waals surface area contributed by atoms with Crippen LogP contribution in [0.2, 0.25) is 0 Å². The fraction of sp³-hybridized carbons (Fsp3) is 0.154. The first-order valence-electron chi connectivity index (χ1n) is 5.52. The summed E-state index contributed by atoms with van der Waals surface area (Å²) >= 11 is 1.60. The van der Waals surface area contributed by atoms with Gasteiger partial charge in [-0.2, -0.15) is 0 Å². The van der Waals surface area contributed by atoms with Gasteiger partial charge in [-0.3, -0.25) is 0 Å². The van der Waals surface area contributed by atoms with Gasteiger partial charge in [-0.25, -0.2) is 9.18 Å². The van der Waals surface area contributed by atoms with Crippen molar-refractivity contribution in [2.45, 2.75) is 13.1 Å². The van der Waals surface area contributed by atoms with E-state index in [-0.39, 0.29) is 11.8 Å². The normalized spacial score (nSPS) is 10.1. The molecule has 94 valence electrons. The van der Waals surface area contributed by atoms with Crippen LogP contribution in [0.3, 0.4) is 0 Å². The van der Waals surface area contributed by atoms with E-state index >= 15 is 0 Å². The van der Waals surface area contributed by atoms with Crippen LogP contribution in [0.4, 0.5) is 9.18 Å². The third-order valence-electron chi connectivity index (χ3n) is 2.37. The predicted molar refractivity (Wildman–Crippen MR) is 69.8 cm³/mol. The molecule has 2 amide bonds. The Labute approximate surface area is 109 Å². The van der Waals surface area contributed by atoms with Crippen LogP contribution in [0.25, 0.3) is 0 Å². The smallest absolute Gasteiger partial charge is 0.315 e. The van der Waals surface area contributed by atoms with E-state index in [1.807, 2.05) is 17.5 Å². The van der Waals surface area contributed by atoms with Crippen molar-refractivity contribution in [1.29, 1.82) is 0 Å². The van der Waals surface area contributed by atoms with E-state index in [1.54, 1.807) is 23.5 Å². The van der Waals surface area contributed by atoms with Crippen molar-refractivity contribution in [2.24, 2.45) is 0 Å². The minimum absolute atomic E-state index is 0.229. The fourth-order valence-corrected chi connectivity index (χ4v) is 2.07. The summed E-state index contributed by atoms with van der Waals surface area (Å²) < 4.78 is 12.7. The number of benzene rings is 1. The summed E-state index contributed by atoms with van der Waals surface area (Å²) in [5, 5.41) is 7.43. The Hall–Kier alpha value is -1.88. The van der Waals surface area contributed by atoms with Gasteiger partial charge in [0.25, 0.3) is 0 Å². The topological polar surface area (TPSA) is 41.1 Å². The molecule has 0 atom stereocenters. The second kappa shape index (κ2) is 6.16. The van der Waals surface area contributed by atoms with E-state index in [0.717, 1.165) is 10.4 Å². The average Bonchev–Trinajstić information content (AvgIpc) is 2.89. The molecule has 0 aliphatic heterocycles. The second-order valence-electron chi connectivity index (χ2n) is 3.74. The zero-order chi connectivity index (χ0) is 12.8. The molecule has 0 bridgehead atoms. The zero-order valence-corrected chi connectivity index (χ0v) is 10.5. The van der Waals surface area contributed by atoms with E-state index in [4.69, 9.17) is 0 Å². The molecule has 0 fully saturated rings. The van der Waals surface area contributed by atoms with Crippen molar-refractivity contribution in [3.8, 4) is 0 Å². The van der Waals surface area contributed by atoms with Crippen molar-refractivity contribution in [3.63, 3.8) is 0 Å². The largest absolute Gasteiger partial charge is 0.334 e. The molecule has 0 saturated carbocycles. The van der Waals surface area contributed by atoms with Crippen LogP contribution in [-0.4, -0.2) is 6.03 Å². The first-order chi connectivity index (χ1) is 8.74. The molecule has 2 rings (SSSR count). The van der Waals surface area contributed by atoms with Gasteiger partial charge in [0, 0.05) is 11.4 Å². The summed E-state index contributed by atoms with van der Waals surface area (Å²) in [6.07, 6.45) is 0. The van der Waals surface area contributed by atoms with Gasteiger partial charge < -0.3 is 10.6 Å². The highest BCUT2D eigenvalue weighted by Gasteiger charge is 2.01. The summed E-state index contributed by atoms with van der Waals surface area (Å²) in [6, 6.07) is 9.72. The Kier molecular flexibility index (Phi) is 4.30. The van der Waals surface area contributed by atoms with Crippen LogP contribution in [0, 0.1) is 5.82 Å². The number of carbonyl (C=O) groups excluding carboxylic acids is 1. The Balaban J connectivity index is 1.73. The number of thiophene rings is 1. The van der Waals surface area contributed by atoms with Gasteiger partial charge in [-0.1, -0.05) is 18.2 Å². The second-order valence-corrected chi connectivity index (χ2v) is 4.77. The van der Waals surface area contributed by atoms with Crippen LogP contribution >= 0.6 is 11.3 Å². The van der Waals surface area contributed by atoms with Crippen molar-refractivity contribution in [3.05, 3.63) is 58.0 Å². The molecule has 5 heteroatoms. The quantitative estimate of drug-likeness (QED) is 0.876. The standard InChI is InChI=1S/C13H13FN2OS/c14-11-5-3-10(4-6-11)8-15-13(17)16-9-12-2-1-7-18-12/h1-7H,8-9H2,(H2,15,16,17). The summed E-state index contributed by atoms with van der Waals surface area (Å²) in [7, 11) is 0. The van der Waals surface area contributed by atoms with E-state index in [9.17, 15) is 9.18 Å². The first-order valence-corrected chi connectivity index (χ1v) is 6.40. The number of amides is 2. The molecule has 0 saturated heterocycles. The van der Waals surface area contributed by atoms with Crippen LogP contribution in [0.1, 0.15) is 10.4 Å². The molecular weight excluding hydrogens is 251 g/mol. The molecule has 0 spiro atoms. The summed E-state index contributed by atoms with van der Waals surface area (Å²) in [5.41, 5.74) is 0.864. The van der Waals surface area contributed by atoms with Gasteiger partial charge in [0.1, 0.15) is 5.82 Å². The molecular formula is C13H13FN2OS. The number of urea groups is 1. The molecule has 0 radical (unpaired) electrons. The summed E-state index contributed by atoms with van der Waals surface area (Å²) in [5.74, 6) is -0.277. The lowest BCUT2D eigenvalue weighted by Gasteiger charge is -2.06. The minimum atomic E-state index is -0.277. The molecule has 0 unspecified atom stereocenters. The first kappa shape index (κ1) is 12.6. The molecule has 0 aliphatic carbocycles. The Morgan fingerprint density at radius 3 is 2.50 bits per heavy atom. The molecule has 1 heterocycles. The monoisotopic (exact) mass is 264 g/mol. The molecule has 2 N–H and O–H groups in total. The van der Waals surface area contributed by atoms with Crippen LogP contribution < -0.4 is 10.6 Å². The number of hydrogen-bond acceptors (Lipinski definition) is 2. The molecule has 1 aromatic heterocycles. The highest BCUT2D eigenvalue weighted by molar-refractivity contribution is 7.09. The van der Waals surface area contributed by atoms with Crippen molar-refractivity contribution in [1.82, 2.24) is 10.6 Å². The van der Waals surface area contributed by atoms with Crippen LogP contribution in [0.15, 0.2) is 41.8 Å². The Morgan fingerprint density at radius 2 is 1.83 bits per heavy atom. The molecule has 2 aromatic rings. The SMILES string of the molecule is O=C(NCc1ccc(F)cc1)NCc1cccs1. The maximum Gasteiger partial charge on any atom is 0.315 e. The highest BCUT2D eigenvalue weighted by atomic mass is 32.1. The van der Waals surface area contributed by atoms with E-state index in [1.165, 1.54) is 12.1 Å².